The molecule has 2 amide bonds. The molecule has 0 fully saturated rings. The molecule has 0 aliphatic carbocycles. The number of hydrogen-bond acceptors (Lipinski definition) is 6. The van der Waals surface area contributed by atoms with Gasteiger partial charge in [0.15, 0.2) is 11.5 Å². The number of benzene rings is 3. The van der Waals surface area contributed by atoms with Gasteiger partial charge in [-0.05, 0) is 74.0 Å². The van der Waals surface area contributed by atoms with E-state index < -0.39 is 17.8 Å². The molecule has 2 N–H and O–H groups in total. The van der Waals surface area contributed by atoms with Gasteiger partial charge in [-0.3, -0.25) is 9.59 Å². The van der Waals surface area contributed by atoms with Crippen molar-refractivity contribution in [1.82, 2.24) is 5.43 Å². The van der Waals surface area contributed by atoms with Gasteiger partial charge in [0, 0.05) is 10.7 Å². The number of hydrazone groups is 1. The van der Waals surface area contributed by atoms with E-state index in [-0.39, 0.29) is 5.75 Å². The number of rotatable bonds is 7. The van der Waals surface area contributed by atoms with Crippen molar-refractivity contribution in [2.45, 2.75) is 13.8 Å². The van der Waals surface area contributed by atoms with Crippen LogP contribution in [-0.2, 0) is 9.59 Å². The molecule has 0 saturated heterocycles. The molecule has 0 bridgehead atoms. The largest absolute Gasteiger partial charge is 0.490 e. The molecule has 0 aliphatic heterocycles. The molecule has 3 aromatic carbocycles. The summed E-state index contributed by atoms with van der Waals surface area (Å²) in [5, 5.41) is 6.80. The zero-order valence-electron chi connectivity index (χ0n) is 18.5. The van der Waals surface area contributed by atoms with Gasteiger partial charge in [0.25, 0.3) is 0 Å². The second kappa shape index (κ2) is 11.6. The maximum Gasteiger partial charge on any atom is 0.343 e. The van der Waals surface area contributed by atoms with Crippen LogP contribution < -0.4 is 20.2 Å². The van der Waals surface area contributed by atoms with E-state index in [0.717, 1.165) is 5.56 Å². The lowest BCUT2D eigenvalue weighted by atomic mass is 10.2. The van der Waals surface area contributed by atoms with E-state index in [1.165, 1.54) is 6.21 Å². The summed E-state index contributed by atoms with van der Waals surface area (Å²) >= 11 is 5.85. The third-order valence-electron chi connectivity index (χ3n) is 4.45. The Kier molecular flexibility index (Phi) is 8.37. The summed E-state index contributed by atoms with van der Waals surface area (Å²) in [6.45, 7) is 4.04. The molecule has 0 unspecified atom stereocenters. The first-order chi connectivity index (χ1) is 16.4. The summed E-state index contributed by atoms with van der Waals surface area (Å²) < 4.78 is 11.0. The highest BCUT2D eigenvalue weighted by Gasteiger charge is 2.14. The first-order valence-electron chi connectivity index (χ1n) is 10.3. The highest BCUT2D eigenvalue weighted by atomic mass is 35.5. The Labute approximate surface area is 201 Å². The number of amides is 2. The van der Waals surface area contributed by atoms with Crippen molar-refractivity contribution in [3.05, 3.63) is 88.4 Å². The first kappa shape index (κ1) is 24.5. The number of esters is 1. The van der Waals surface area contributed by atoms with Crippen molar-refractivity contribution in [2.75, 3.05) is 11.9 Å². The number of hydrogen-bond donors (Lipinski definition) is 2. The molecule has 0 spiro atoms. The molecule has 0 heterocycles. The summed E-state index contributed by atoms with van der Waals surface area (Å²) in [6, 6.07) is 18.1. The summed E-state index contributed by atoms with van der Waals surface area (Å²) in [6.07, 6.45) is 1.34. The van der Waals surface area contributed by atoms with Crippen LogP contribution in [0.4, 0.5) is 5.69 Å². The van der Waals surface area contributed by atoms with Gasteiger partial charge in [0.1, 0.15) is 0 Å². The molecule has 8 nitrogen and oxygen atoms in total. The fraction of sp³-hybridized carbons (Fsp3) is 0.120. The van der Waals surface area contributed by atoms with Gasteiger partial charge < -0.3 is 14.8 Å². The highest BCUT2D eigenvalue weighted by molar-refractivity contribution is 6.39. The van der Waals surface area contributed by atoms with E-state index in [1.807, 2.05) is 19.1 Å². The van der Waals surface area contributed by atoms with Crippen LogP contribution in [0.2, 0.25) is 5.02 Å². The smallest absolute Gasteiger partial charge is 0.343 e. The molecule has 0 radical (unpaired) electrons. The lowest BCUT2D eigenvalue weighted by Gasteiger charge is -2.11. The highest BCUT2D eigenvalue weighted by Crippen LogP contribution is 2.29. The lowest BCUT2D eigenvalue weighted by Crippen LogP contribution is -2.32. The van der Waals surface area contributed by atoms with Crippen molar-refractivity contribution >= 4 is 41.3 Å². The second-order valence-electron chi connectivity index (χ2n) is 7.05. The topological polar surface area (TPSA) is 106 Å². The number of ether oxygens (including phenoxy) is 2. The monoisotopic (exact) mass is 479 g/mol. The van der Waals surface area contributed by atoms with Crippen LogP contribution in [0.25, 0.3) is 0 Å². The number of nitrogens with zero attached hydrogens (tertiary/aromatic N) is 1. The minimum atomic E-state index is -0.921. The molecule has 0 saturated carbocycles. The lowest BCUT2D eigenvalue weighted by molar-refractivity contribution is -0.136. The zero-order valence-corrected chi connectivity index (χ0v) is 19.3. The van der Waals surface area contributed by atoms with Gasteiger partial charge in [0.2, 0.25) is 0 Å². The Bertz CT molecular complexity index is 1210. The number of aryl methyl sites for hydroxylation is 1. The Morgan fingerprint density at radius 2 is 1.65 bits per heavy atom. The molecule has 9 heteroatoms. The van der Waals surface area contributed by atoms with Gasteiger partial charge in [0.05, 0.1) is 18.4 Å². The third kappa shape index (κ3) is 6.91. The van der Waals surface area contributed by atoms with Crippen molar-refractivity contribution in [1.29, 1.82) is 0 Å². The van der Waals surface area contributed by atoms with Gasteiger partial charge in [-0.25, -0.2) is 10.2 Å². The van der Waals surface area contributed by atoms with Crippen molar-refractivity contribution in [2.24, 2.45) is 5.10 Å². The van der Waals surface area contributed by atoms with Crippen LogP contribution in [0.1, 0.15) is 28.4 Å². The van der Waals surface area contributed by atoms with Gasteiger partial charge in [-0.2, -0.15) is 5.10 Å². The summed E-state index contributed by atoms with van der Waals surface area (Å²) in [4.78, 5) is 36.4. The van der Waals surface area contributed by atoms with Crippen LogP contribution in [0.3, 0.4) is 0 Å². The molecular weight excluding hydrogens is 458 g/mol. The average Bonchev–Trinajstić information content (AvgIpc) is 2.82. The standard InChI is InChI=1S/C25H22ClN3O5/c1-3-33-22-14-17(6-13-21(22)34-25(32)18-7-9-19(26)10-8-18)15-27-29-24(31)23(30)28-20-11-4-16(2)5-12-20/h4-15H,3H2,1-2H3,(H,28,30)(H,29,31)/b27-15-. The third-order valence-corrected chi connectivity index (χ3v) is 4.70. The fourth-order valence-corrected chi connectivity index (χ4v) is 2.87. The van der Waals surface area contributed by atoms with Gasteiger partial charge in [-0.15, -0.1) is 0 Å². The second-order valence-corrected chi connectivity index (χ2v) is 7.49. The molecule has 0 atom stereocenters. The molecule has 3 aromatic rings. The average molecular weight is 480 g/mol. The van der Waals surface area contributed by atoms with Crippen LogP contribution in [0.15, 0.2) is 71.8 Å². The maximum absolute atomic E-state index is 12.4. The summed E-state index contributed by atoms with van der Waals surface area (Å²) in [5.41, 5.74) is 4.59. The predicted molar refractivity (Wildman–Crippen MR) is 130 cm³/mol. The van der Waals surface area contributed by atoms with E-state index in [9.17, 15) is 14.4 Å². The van der Waals surface area contributed by atoms with E-state index in [4.69, 9.17) is 21.1 Å². The van der Waals surface area contributed by atoms with E-state index in [2.05, 4.69) is 15.8 Å². The number of carbonyl (C=O) groups excluding carboxylic acids is 3. The van der Waals surface area contributed by atoms with Crippen molar-refractivity contribution < 1.29 is 23.9 Å². The van der Waals surface area contributed by atoms with E-state index in [1.54, 1.807) is 61.5 Å². The quantitative estimate of drug-likeness (QED) is 0.172. The normalized spacial score (nSPS) is 10.6. The number of carbonyl (C=O) groups is 3. The molecule has 34 heavy (non-hydrogen) atoms. The predicted octanol–water partition coefficient (Wildman–Crippen LogP) is 4.36. The molecule has 174 valence electrons. The SMILES string of the molecule is CCOc1cc(/C=N\NC(=O)C(=O)Nc2ccc(C)cc2)ccc1OC(=O)c1ccc(Cl)cc1. The Morgan fingerprint density at radius 1 is 0.941 bits per heavy atom. The van der Waals surface area contributed by atoms with E-state index >= 15 is 0 Å². The minimum Gasteiger partial charge on any atom is -0.490 e. The van der Waals surface area contributed by atoms with E-state index in [0.29, 0.717) is 34.2 Å². The number of halogens is 1. The van der Waals surface area contributed by atoms with Crippen LogP contribution in [-0.4, -0.2) is 30.6 Å². The zero-order chi connectivity index (χ0) is 24.5. The van der Waals surface area contributed by atoms with Gasteiger partial charge in [-0.1, -0.05) is 29.3 Å². The Balaban J connectivity index is 1.62. The summed E-state index contributed by atoms with van der Waals surface area (Å²) in [7, 11) is 0. The Hall–Kier alpha value is -4.17. The van der Waals surface area contributed by atoms with Crippen LogP contribution in [0, 0.1) is 6.92 Å². The summed E-state index contributed by atoms with van der Waals surface area (Å²) in [5.74, 6) is -1.79. The van der Waals surface area contributed by atoms with Crippen molar-refractivity contribution in [3.8, 4) is 11.5 Å². The molecule has 3 rings (SSSR count). The van der Waals surface area contributed by atoms with Crippen molar-refractivity contribution in [3.63, 3.8) is 0 Å². The molecular formula is C25H22ClN3O5. The minimum absolute atomic E-state index is 0.223. The molecule has 0 aromatic heterocycles. The number of nitrogens with one attached hydrogen (secondary N) is 2. The van der Waals surface area contributed by atoms with Crippen LogP contribution >= 0.6 is 11.6 Å². The Morgan fingerprint density at radius 3 is 2.32 bits per heavy atom. The molecule has 0 aliphatic rings. The van der Waals surface area contributed by atoms with Crippen LogP contribution in [0.5, 0.6) is 11.5 Å². The van der Waals surface area contributed by atoms with Gasteiger partial charge >= 0.3 is 17.8 Å². The maximum atomic E-state index is 12.4. The first-order valence-corrected chi connectivity index (χ1v) is 10.7. The number of anilines is 1. The fourth-order valence-electron chi connectivity index (χ4n) is 2.74.